The van der Waals surface area contributed by atoms with Crippen LogP contribution in [0.2, 0.25) is 0 Å². The fraction of sp³-hybridized carbons (Fsp3) is 0.483. The summed E-state index contributed by atoms with van der Waals surface area (Å²) >= 11 is 0. The third-order valence-corrected chi connectivity index (χ3v) is 9.43. The van der Waals surface area contributed by atoms with Gasteiger partial charge in [0.05, 0.1) is 30.8 Å². The average Bonchev–Trinajstić information content (AvgIpc) is 3.65. The van der Waals surface area contributed by atoms with E-state index in [1.165, 1.54) is 27.1 Å². The van der Waals surface area contributed by atoms with Crippen molar-refractivity contribution in [1.82, 2.24) is 4.90 Å². The summed E-state index contributed by atoms with van der Waals surface area (Å²) in [5.41, 5.74) is 0.0934. The Morgan fingerprint density at radius 1 is 1.16 bits per heavy atom. The minimum absolute atomic E-state index is 0.0157. The summed E-state index contributed by atoms with van der Waals surface area (Å²) in [6.45, 7) is 1.68. The number of phenolic OH excluding ortho intramolecular Hbond substituents is 1. The predicted octanol–water partition coefficient (Wildman–Crippen LogP) is 3.03. The van der Waals surface area contributed by atoms with Gasteiger partial charge >= 0.3 is 0 Å². The number of carbonyl (C=O) groups excluding carboxylic acids is 1. The zero-order chi connectivity index (χ0) is 26.4. The minimum atomic E-state index is -1.35. The van der Waals surface area contributed by atoms with Gasteiger partial charge in [-0.25, -0.2) is 0 Å². The molecular weight excluding hydrogens is 488 g/mol. The van der Waals surface area contributed by atoms with Crippen molar-refractivity contribution in [3.8, 4) is 23.0 Å². The summed E-state index contributed by atoms with van der Waals surface area (Å²) in [6.07, 6.45) is 2.59. The first-order valence-electron chi connectivity index (χ1n) is 13.2. The largest absolute Gasteiger partial charge is 0.508 e. The van der Waals surface area contributed by atoms with E-state index >= 15 is 0 Å². The maximum Gasteiger partial charge on any atom is 0.255 e. The second-order valence-electron chi connectivity index (χ2n) is 11.3. The van der Waals surface area contributed by atoms with E-state index in [-0.39, 0.29) is 29.5 Å². The van der Waals surface area contributed by atoms with Crippen molar-refractivity contribution in [2.24, 2.45) is 5.92 Å². The summed E-state index contributed by atoms with van der Waals surface area (Å²) in [7, 11) is 3.05. The molecule has 9 heteroatoms. The number of rotatable bonds is 6. The van der Waals surface area contributed by atoms with Crippen LogP contribution in [0.5, 0.6) is 23.0 Å². The van der Waals surface area contributed by atoms with Gasteiger partial charge in [0.25, 0.3) is 5.91 Å². The van der Waals surface area contributed by atoms with E-state index in [0.29, 0.717) is 41.7 Å². The number of piperidine rings is 1. The quantitative estimate of drug-likeness (QED) is 0.459. The van der Waals surface area contributed by atoms with Crippen LogP contribution in [0.4, 0.5) is 5.69 Å². The molecule has 0 radical (unpaired) electrons. The lowest BCUT2D eigenvalue weighted by atomic mass is 9.49. The Labute approximate surface area is 220 Å². The van der Waals surface area contributed by atoms with Crippen LogP contribution in [0.25, 0.3) is 0 Å². The van der Waals surface area contributed by atoms with Crippen LogP contribution in [0.3, 0.4) is 0 Å². The lowest BCUT2D eigenvalue weighted by molar-refractivity contribution is -0.172. The van der Waals surface area contributed by atoms with Crippen LogP contribution in [-0.4, -0.2) is 71.2 Å². The summed E-state index contributed by atoms with van der Waals surface area (Å²) in [4.78, 5) is 16.0. The van der Waals surface area contributed by atoms with Crippen LogP contribution < -0.4 is 19.5 Å². The number of hydrogen-bond donors (Lipinski definition) is 4. The molecule has 0 aromatic heterocycles. The van der Waals surface area contributed by atoms with E-state index in [1.54, 1.807) is 24.3 Å². The molecule has 1 spiro atoms. The number of aliphatic hydroxyl groups excluding tert-OH is 1. The highest BCUT2D eigenvalue weighted by molar-refractivity contribution is 6.05. The van der Waals surface area contributed by atoms with Crippen molar-refractivity contribution < 1.29 is 34.3 Å². The molecule has 1 amide bonds. The molecule has 38 heavy (non-hydrogen) atoms. The van der Waals surface area contributed by atoms with E-state index < -0.39 is 23.0 Å². The summed E-state index contributed by atoms with van der Waals surface area (Å²) in [5.74, 6) is 1.22. The van der Waals surface area contributed by atoms with E-state index in [9.17, 15) is 20.1 Å². The van der Waals surface area contributed by atoms with Crippen LogP contribution in [-0.2, 0) is 16.6 Å². The third kappa shape index (κ3) is 3.03. The van der Waals surface area contributed by atoms with Gasteiger partial charge in [0.2, 0.25) is 0 Å². The molecule has 2 bridgehead atoms. The molecule has 9 nitrogen and oxygen atoms in total. The van der Waals surface area contributed by atoms with Gasteiger partial charge in [0.1, 0.15) is 5.76 Å². The Hall–Kier alpha value is -3.43. The first kappa shape index (κ1) is 23.7. The first-order chi connectivity index (χ1) is 18.3. The maximum absolute atomic E-state index is 13.6. The second-order valence-corrected chi connectivity index (χ2v) is 11.3. The molecule has 2 heterocycles. The molecule has 2 aromatic carbocycles. The lowest BCUT2D eigenvalue weighted by Crippen LogP contribution is -2.75. The number of likely N-dealkylation sites (tertiary alicyclic amines) is 1. The summed E-state index contributed by atoms with van der Waals surface area (Å²) in [6, 6.07) is 8.33. The van der Waals surface area contributed by atoms with Crippen molar-refractivity contribution in [3.05, 3.63) is 52.8 Å². The molecule has 2 fully saturated rings. The van der Waals surface area contributed by atoms with Crippen molar-refractivity contribution in [2.75, 3.05) is 32.6 Å². The van der Waals surface area contributed by atoms with Crippen LogP contribution >= 0.6 is 0 Å². The topological polar surface area (TPSA) is 121 Å². The fourth-order valence-corrected chi connectivity index (χ4v) is 7.49. The third-order valence-electron chi connectivity index (χ3n) is 9.43. The molecule has 5 aliphatic rings. The highest BCUT2D eigenvalue weighted by Crippen LogP contribution is 2.66. The van der Waals surface area contributed by atoms with Gasteiger partial charge in [-0.15, -0.1) is 0 Å². The predicted molar refractivity (Wildman–Crippen MR) is 138 cm³/mol. The molecule has 1 saturated heterocycles. The molecule has 2 aromatic rings. The number of hydrogen-bond acceptors (Lipinski definition) is 8. The smallest absolute Gasteiger partial charge is 0.255 e. The second kappa shape index (κ2) is 8.04. The Morgan fingerprint density at radius 3 is 2.68 bits per heavy atom. The van der Waals surface area contributed by atoms with Gasteiger partial charge in [-0.2, -0.15) is 0 Å². The highest BCUT2D eigenvalue weighted by Gasteiger charge is 2.73. The lowest BCUT2D eigenvalue weighted by Gasteiger charge is -2.62. The van der Waals surface area contributed by atoms with Gasteiger partial charge in [0, 0.05) is 36.3 Å². The monoisotopic (exact) mass is 520 g/mol. The van der Waals surface area contributed by atoms with Gasteiger partial charge in [-0.1, -0.05) is 6.07 Å². The fourth-order valence-electron chi connectivity index (χ4n) is 7.49. The highest BCUT2D eigenvalue weighted by atomic mass is 16.5. The zero-order valence-electron chi connectivity index (χ0n) is 21.5. The molecule has 200 valence electrons. The number of benzene rings is 2. The zero-order valence-corrected chi connectivity index (χ0v) is 21.5. The van der Waals surface area contributed by atoms with Crippen molar-refractivity contribution in [1.29, 1.82) is 0 Å². The van der Waals surface area contributed by atoms with Gasteiger partial charge in [-0.3, -0.25) is 9.69 Å². The number of carbonyl (C=O) groups is 1. The molecule has 3 aliphatic carbocycles. The minimum Gasteiger partial charge on any atom is -0.508 e. The van der Waals surface area contributed by atoms with E-state index in [4.69, 9.17) is 14.2 Å². The molecule has 4 N–H and O–H groups in total. The first-order valence-corrected chi connectivity index (χ1v) is 13.2. The van der Waals surface area contributed by atoms with Crippen LogP contribution in [0.1, 0.15) is 36.8 Å². The number of nitrogens with zero attached hydrogens (tertiary/aromatic N) is 1. The SMILES string of the molecule is COc1ccc(NC(=O)C2=C(O)[C@@H]3Oc4c(O)ccc5c4[C@@]34CCN(CC3CC3)[C@H](C5)[C@]4(O)C2)cc1OC. The van der Waals surface area contributed by atoms with E-state index in [2.05, 4.69) is 10.2 Å². The van der Waals surface area contributed by atoms with Gasteiger partial charge in [0.15, 0.2) is 29.1 Å². The van der Waals surface area contributed by atoms with Gasteiger partial charge in [-0.05, 0) is 61.9 Å². The van der Waals surface area contributed by atoms with E-state index in [0.717, 1.165) is 24.2 Å². The van der Waals surface area contributed by atoms with Crippen molar-refractivity contribution >= 4 is 11.6 Å². The number of amides is 1. The number of methoxy groups -OCH3 is 2. The Bertz CT molecular complexity index is 1390. The van der Waals surface area contributed by atoms with Gasteiger partial charge < -0.3 is 34.8 Å². The maximum atomic E-state index is 13.6. The van der Waals surface area contributed by atoms with Crippen molar-refractivity contribution in [3.63, 3.8) is 0 Å². The Kier molecular flexibility index (Phi) is 5.01. The summed E-state index contributed by atoms with van der Waals surface area (Å²) < 4.78 is 16.9. The van der Waals surface area contributed by atoms with E-state index in [1.807, 2.05) is 6.07 Å². The number of phenols is 1. The molecule has 4 atom stereocenters. The number of aliphatic hydroxyl groups is 2. The number of anilines is 1. The standard InChI is InChI=1S/C29H32N2O7/c1-36-20-8-6-17(12-21(20)37-2)30-27(34)18-13-29(35)22-11-16-5-7-19(32)25-23(16)28(29,26(38-25)24(18)33)9-10-31(22)14-15-3-4-15/h5-8,12,15,22,26,32-33,35H,3-4,9-11,13-14H2,1-2H3,(H,30,34)/t22-,26+,28+,29-/m1/s1. The average molecular weight is 521 g/mol. The van der Waals surface area contributed by atoms with Crippen LogP contribution in [0.15, 0.2) is 41.7 Å². The Balaban J connectivity index is 1.31. The Morgan fingerprint density at radius 2 is 1.95 bits per heavy atom. The molecular formula is C29H32N2O7. The number of nitrogens with one attached hydrogen (secondary N) is 1. The normalized spacial score (nSPS) is 30.9. The molecule has 7 rings (SSSR count). The number of aromatic hydroxyl groups is 1. The van der Waals surface area contributed by atoms with Crippen LogP contribution in [0, 0.1) is 5.92 Å². The molecule has 2 aliphatic heterocycles. The van der Waals surface area contributed by atoms with Crippen molar-refractivity contribution in [2.45, 2.75) is 55.3 Å². The molecule has 0 unspecified atom stereocenters. The molecule has 1 saturated carbocycles. The summed E-state index contributed by atoms with van der Waals surface area (Å²) in [5, 5.41) is 37.8. The number of ether oxygens (including phenoxy) is 3.